The van der Waals surface area contributed by atoms with Crippen LogP contribution in [0.3, 0.4) is 0 Å². The monoisotopic (exact) mass is 306 g/mol. The van der Waals surface area contributed by atoms with Crippen LogP contribution in [0.4, 0.5) is 0 Å². The Morgan fingerprint density at radius 1 is 1.14 bits per heavy atom. The van der Waals surface area contributed by atoms with Gasteiger partial charge in [-0.1, -0.05) is 44.2 Å². The third-order valence-corrected chi connectivity index (χ3v) is 3.13. The molecule has 22 heavy (non-hydrogen) atoms. The summed E-state index contributed by atoms with van der Waals surface area (Å²) >= 11 is 0. The van der Waals surface area contributed by atoms with Gasteiger partial charge in [0.2, 0.25) is 5.91 Å². The lowest BCUT2D eigenvalue weighted by Gasteiger charge is -2.32. The molecule has 1 atom stereocenters. The average molecular weight is 306 g/mol. The van der Waals surface area contributed by atoms with E-state index in [0.717, 1.165) is 5.56 Å². The van der Waals surface area contributed by atoms with Crippen molar-refractivity contribution in [1.82, 2.24) is 10.4 Å². The highest BCUT2D eigenvalue weighted by atomic mass is 16.7. The fourth-order valence-electron chi connectivity index (χ4n) is 2.17. The first kappa shape index (κ1) is 17.7. The zero-order valence-corrected chi connectivity index (χ0v) is 13.3. The molecule has 0 fully saturated rings. The summed E-state index contributed by atoms with van der Waals surface area (Å²) < 4.78 is 0. The maximum atomic E-state index is 12.2. The van der Waals surface area contributed by atoms with Gasteiger partial charge in [-0.15, -0.1) is 0 Å². The number of benzene rings is 1. The van der Waals surface area contributed by atoms with Gasteiger partial charge in [-0.05, 0) is 11.5 Å². The van der Waals surface area contributed by atoms with E-state index in [-0.39, 0.29) is 11.8 Å². The number of amides is 2. The summed E-state index contributed by atoms with van der Waals surface area (Å²) in [5.41, 5.74) is 3.02. The molecule has 1 aromatic rings. The van der Waals surface area contributed by atoms with Crippen molar-refractivity contribution in [3.63, 3.8) is 0 Å². The maximum absolute atomic E-state index is 12.2. The van der Waals surface area contributed by atoms with Gasteiger partial charge in [-0.3, -0.25) is 14.4 Å². The molecule has 0 heterocycles. The van der Waals surface area contributed by atoms with Crippen molar-refractivity contribution in [2.24, 2.45) is 5.92 Å². The van der Waals surface area contributed by atoms with Gasteiger partial charge in [-0.25, -0.2) is 0 Å². The molecule has 0 aliphatic rings. The van der Waals surface area contributed by atoms with Crippen LogP contribution in [0.25, 0.3) is 0 Å². The summed E-state index contributed by atoms with van der Waals surface area (Å²) in [6, 6.07) is 8.68. The highest BCUT2D eigenvalue weighted by Gasteiger charge is 2.31. The molecule has 0 bridgehead atoms. The standard InChI is InChI=1S/C16H22N2O4/c1-11(2)15(16(21)17-22-13(4)20)18(12(3)19)10-14-8-6-5-7-9-14/h5-9,11,15H,10H2,1-4H3,(H,17,21). The average Bonchev–Trinajstić information content (AvgIpc) is 2.45. The fourth-order valence-corrected chi connectivity index (χ4v) is 2.17. The lowest BCUT2D eigenvalue weighted by Crippen LogP contribution is -2.51. The van der Waals surface area contributed by atoms with Gasteiger partial charge in [0.1, 0.15) is 6.04 Å². The molecule has 6 heteroatoms. The topological polar surface area (TPSA) is 75.7 Å². The first-order chi connectivity index (χ1) is 10.3. The molecule has 6 nitrogen and oxygen atoms in total. The smallest absolute Gasteiger partial charge is 0.329 e. The number of hydrogen-bond donors (Lipinski definition) is 1. The molecule has 0 spiro atoms. The van der Waals surface area contributed by atoms with Crippen LogP contribution < -0.4 is 5.48 Å². The van der Waals surface area contributed by atoms with Crippen LogP contribution in [-0.2, 0) is 25.8 Å². The van der Waals surface area contributed by atoms with Gasteiger partial charge in [0.05, 0.1) is 0 Å². The number of carbonyl (C=O) groups is 3. The molecule has 1 rings (SSSR count). The van der Waals surface area contributed by atoms with Gasteiger partial charge in [0.25, 0.3) is 5.91 Å². The van der Waals surface area contributed by atoms with E-state index in [1.54, 1.807) is 0 Å². The Morgan fingerprint density at radius 2 is 1.73 bits per heavy atom. The zero-order chi connectivity index (χ0) is 16.7. The second-order valence-electron chi connectivity index (χ2n) is 5.38. The third-order valence-electron chi connectivity index (χ3n) is 3.13. The summed E-state index contributed by atoms with van der Waals surface area (Å²) in [7, 11) is 0. The molecule has 0 saturated carbocycles. The van der Waals surface area contributed by atoms with Crippen LogP contribution in [0, 0.1) is 5.92 Å². The second-order valence-corrected chi connectivity index (χ2v) is 5.38. The molecular weight excluding hydrogens is 284 g/mol. The van der Waals surface area contributed by atoms with Gasteiger partial charge < -0.3 is 9.74 Å². The molecule has 0 saturated heterocycles. The van der Waals surface area contributed by atoms with Crippen molar-refractivity contribution in [1.29, 1.82) is 0 Å². The second kappa shape index (κ2) is 8.17. The lowest BCUT2D eigenvalue weighted by atomic mass is 10.0. The molecule has 0 aromatic heterocycles. The Morgan fingerprint density at radius 3 is 2.18 bits per heavy atom. The predicted molar refractivity (Wildman–Crippen MR) is 81.2 cm³/mol. The van der Waals surface area contributed by atoms with E-state index in [2.05, 4.69) is 10.3 Å². The van der Waals surface area contributed by atoms with Crippen LogP contribution >= 0.6 is 0 Å². The first-order valence-electron chi connectivity index (χ1n) is 7.11. The zero-order valence-electron chi connectivity index (χ0n) is 13.3. The van der Waals surface area contributed by atoms with Crippen LogP contribution in [0.5, 0.6) is 0 Å². The molecule has 0 aliphatic carbocycles. The van der Waals surface area contributed by atoms with Crippen LogP contribution in [-0.4, -0.2) is 28.7 Å². The van der Waals surface area contributed by atoms with Crippen molar-refractivity contribution in [3.05, 3.63) is 35.9 Å². The summed E-state index contributed by atoms with van der Waals surface area (Å²) in [5.74, 6) is -1.49. The molecule has 0 aliphatic heterocycles. The molecular formula is C16H22N2O4. The van der Waals surface area contributed by atoms with E-state index in [4.69, 9.17) is 0 Å². The summed E-state index contributed by atoms with van der Waals surface area (Å²) in [6.07, 6.45) is 0. The van der Waals surface area contributed by atoms with Crippen molar-refractivity contribution < 1.29 is 19.2 Å². The molecule has 2 amide bonds. The van der Waals surface area contributed by atoms with Crippen molar-refractivity contribution in [3.8, 4) is 0 Å². The molecule has 1 unspecified atom stereocenters. The minimum absolute atomic E-state index is 0.136. The fraction of sp³-hybridized carbons (Fsp3) is 0.438. The Labute approximate surface area is 130 Å². The van der Waals surface area contributed by atoms with Crippen molar-refractivity contribution >= 4 is 17.8 Å². The molecule has 1 N–H and O–H groups in total. The summed E-state index contributed by atoms with van der Waals surface area (Å²) in [4.78, 5) is 41.0. The minimum Gasteiger partial charge on any atom is -0.341 e. The molecule has 120 valence electrons. The Hall–Kier alpha value is -2.37. The van der Waals surface area contributed by atoms with E-state index in [1.807, 2.05) is 44.2 Å². The number of nitrogens with one attached hydrogen (secondary N) is 1. The van der Waals surface area contributed by atoms with Crippen LogP contribution in [0.2, 0.25) is 0 Å². The van der Waals surface area contributed by atoms with Crippen LogP contribution in [0.1, 0.15) is 33.3 Å². The largest absolute Gasteiger partial charge is 0.341 e. The third kappa shape index (κ3) is 5.20. The Balaban J connectivity index is 2.94. The normalized spacial score (nSPS) is 11.7. The Bertz CT molecular complexity index is 528. The first-order valence-corrected chi connectivity index (χ1v) is 7.11. The predicted octanol–water partition coefficient (Wildman–Crippen LogP) is 1.65. The minimum atomic E-state index is -0.725. The highest BCUT2D eigenvalue weighted by Crippen LogP contribution is 2.16. The number of carbonyl (C=O) groups excluding carboxylic acids is 3. The maximum Gasteiger partial charge on any atom is 0.329 e. The summed E-state index contributed by atoms with van der Waals surface area (Å²) in [6.45, 7) is 6.58. The number of hydroxylamine groups is 1. The SMILES string of the molecule is CC(=O)ONC(=O)C(C(C)C)N(Cc1ccccc1)C(C)=O. The highest BCUT2D eigenvalue weighted by molar-refractivity contribution is 5.87. The number of nitrogens with zero attached hydrogens (tertiary/aromatic N) is 1. The van der Waals surface area contributed by atoms with Gasteiger partial charge in [0, 0.05) is 20.4 Å². The quantitative estimate of drug-likeness (QED) is 0.839. The molecule has 0 radical (unpaired) electrons. The van der Waals surface area contributed by atoms with Crippen LogP contribution in [0.15, 0.2) is 30.3 Å². The van der Waals surface area contributed by atoms with E-state index >= 15 is 0 Å². The van der Waals surface area contributed by atoms with E-state index in [0.29, 0.717) is 6.54 Å². The molecule has 1 aromatic carbocycles. The summed E-state index contributed by atoms with van der Waals surface area (Å²) in [5, 5.41) is 0. The van der Waals surface area contributed by atoms with E-state index < -0.39 is 17.9 Å². The van der Waals surface area contributed by atoms with Gasteiger partial charge in [0.15, 0.2) is 0 Å². The number of rotatable bonds is 5. The van der Waals surface area contributed by atoms with Gasteiger partial charge >= 0.3 is 5.97 Å². The van der Waals surface area contributed by atoms with E-state index in [9.17, 15) is 14.4 Å². The number of hydrogen-bond acceptors (Lipinski definition) is 4. The van der Waals surface area contributed by atoms with E-state index in [1.165, 1.54) is 18.7 Å². The van der Waals surface area contributed by atoms with Crippen molar-refractivity contribution in [2.75, 3.05) is 0 Å². The Kier molecular flexibility index (Phi) is 6.56. The van der Waals surface area contributed by atoms with Crippen molar-refractivity contribution in [2.45, 2.75) is 40.3 Å². The lowest BCUT2D eigenvalue weighted by molar-refractivity contribution is -0.160. The van der Waals surface area contributed by atoms with Gasteiger partial charge in [-0.2, -0.15) is 5.48 Å².